The normalized spacial score (nSPS) is 13.1. The molecule has 0 atom stereocenters. The van der Waals surface area contributed by atoms with Gasteiger partial charge < -0.3 is 19.5 Å². The van der Waals surface area contributed by atoms with Crippen molar-refractivity contribution in [2.45, 2.75) is 6.54 Å². The lowest BCUT2D eigenvalue weighted by Gasteiger charge is -2.21. The van der Waals surface area contributed by atoms with E-state index in [9.17, 15) is 0 Å². The van der Waals surface area contributed by atoms with E-state index in [1.165, 1.54) is 11.5 Å². The average Bonchev–Trinajstić information content (AvgIpc) is 2.97. The molecule has 0 bridgehead atoms. The Morgan fingerprint density at radius 1 is 1.37 bits per heavy atom. The predicted octanol–water partition coefficient (Wildman–Crippen LogP) is 1.93. The fourth-order valence-electron chi connectivity index (χ4n) is 1.86. The summed E-state index contributed by atoms with van der Waals surface area (Å²) in [7, 11) is 1.62. The molecular weight excluding hydrogens is 266 g/mol. The van der Waals surface area contributed by atoms with Crippen LogP contribution >= 0.6 is 11.5 Å². The molecule has 1 aromatic heterocycles. The summed E-state index contributed by atoms with van der Waals surface area (Å²) in [6.45, 7) is 1.76. The number of methoxy groups -OCH3 is 1. The highest BCUT2D eigenvalue weighted by Crippen LogP contribution is 2.40. The van der Waals surface area contributed by atoms with Gasteiger partial charge in [-0.25, -0.2) is 0 Å². The molecule has 7 heteroatoms. The third kappa shape index (κ3) is 2.55. The number of benzene rings is 1. The molecule has 3 rings (SSSR count). The Morgan fingerprint density at radius 3 is 3.05 bits per heavy atom. The second kappa shape index (κ2) is 5.31. The van der Waals surface area contributed by atoms with Crippen LogP contribution in [0.25, 0.3) is 0 Å². The lowest BCUT2D eigenvalue weighted by atomic mass is 10.1. The van der Waals surface area contributed by atoms with Crippen molar-refractivity contribution in [3.63, 3.8) is 0 Å². The fourth-order valence-corrected chi connectivity index (χ4v) is 2.28. The van der Waals surface area contributed by atoms with Crippen molar-refractivity contribution >= 4 is 16.5 Å². The molecule has 6 nitrogen and oxygen atoms in total. The number of ether oxygens (including phenoxy) is 3. The van der Waals surface area contributed by atoms with E-state index < -0.39 is 0 Å². The number of nitrogens with one attached hydrogen (secondary N) is 1. The van der Waals surface area contributed by atoms with E-state index in [2.05, 4.69) is 14.9 Å². The molecule has 100 valence electrons. The average molecular weight is 279 g/mol. The number of hydrogen-bond donors (Lipinski definition) is 1. The summed E-state index contributed by atoms with van der Waals surface area (Å²) in [4.78, 5) is 0. The maximum Gasteiger partial charge on any atom is 0.203 e. The molecule has 0 unspecified atom stereocenters. The van der Waals surface area contributed by atoms with E-state index in [0.717, 1.165) is 16.3 Å². The van der Waals surface area contributed by atoms with Gasteiger partial charge in [-0.2, -0.15) is 0 Å². The first kappa shape index (κ1) is 12.0. The van der Waals surface area contributed by atoms with Gasteiger partial charge in [0.05, 0.1) is 13.3 Å². The highest BCUT2D eigenvalue weighted by atomic mass is 32.1. The quantitative estimate of drug-likeness (QED) is 0.922. The maximum atomic E-state index is 5.59. The summed E-state index contributed by atoms with van der Waals surface area (Å²) < 4.78 is 20.3. The number of hydrogen-bond acceptors (Lipinski definition) is 7. The summed E-state index contributed by atoms with van der Waals surface area (Å²) in [5.41, 5.74) is 1.05. The predicted molar refractivity (Wildman–Crippen MR) is 71.2 cm³/mol. The highest BCUT2D eigenvalue weighted by Gasteiger charge is 2.18. The van der Waals surface area contributed by atoms with Gasteiger partial charge in [0, 0.05) is 18.1 Å². The monoisotopic (exact) mass is 279 g/mol. The molecular formula is C12H13N3O3S. The Kier molecular flexibility index (Phi) is 3.37. The summed E-state index contributed by atoms with van der Waals surface area (Å²) in [5.74, 6) is 2.10. The van der Waals surface area contributed by atoms with Crippen LogP contribution in [-0.2, 0) is 6.54 Å². The fraction of sp³-hybridized carbons (Fsp3) is 0.333. The van der Waals surface area contributed by atoms with Crippen molar-refractivity contribution in [1.29, 1.82) is 0 Å². The Balaban J connectivity index is 1.81. The molecule has 2 aromatic rings. The lowest BCUT2D eigenvalue weighted by Crippen LogP contribution is -2.16. The van der Waals surface area contributed by atoms with E-state index in [1.807, 2.05) is 12.1 Å². The third-order valence-electron chi connectivity index (χ3n) is 2.72. The van der Waals surface area contributed by atoms with Crippen molar-refractivity contribution in [2.24, 2.45) is 0 Å². The number of rotatable bonds is 4. The van der Waals surface area contributed by atoms with E-state index in [-0.39, 0.29) is 0 Å². The first-order valence-corrected chi connectivity index (χ1v) is 6.62. The van der Waals surface area contributed by atoms with Gasteiger partial charge in [0.2, 0.25) is 5.75 Å². The van der Waals surface area contributed by atoms with Gasteiger partial charge in [-0.15, -0.1) is 5.10 Å². The number of fused-ring (bicyclic) bond motifs is 1. The molecule has 1 aliphatic rings. The van der Waals surface area contributed by atoms with Crippen molar-refractivity contribution in [3.05, 3.63) is 23.9 Å². The minimum absolute atomic E-state index is 0.549. The van der Waals surface area contributed by atoms with Gasteiger partial charge in [-0.05, 0) is 17.7 Å². The van der Waals surface area contributed by atoms with E-state index in [1.54, 1.807) is 13.3 Å². The summed E-state index contributed by atoms with van der Waals surface area (Å²) in [5, 5.41) is 7.94. The van der Waals surface area contributed by atoms with Crippen LogP contribution in [0.1, 0.15) is 5.56 Å². The maximum absolute atomic E-state index is 5.59. The zero-order valence-corrected chi connectivity index (χ0v) is 11.2. The Bertz CT molecular complexity index is 542. The van der Waals surface area contributed by atoms with Crippen LogP contribution in [0.2, 0.25) is 0 Å². The van der Waals surface area contributed by atoms with Gasteiger partial charge in [-0.1, -0.05) is 4.49 Å². The lowest BCUT2D eigenvalue weighted by molar-refractivity contribution is 0.165. The number of anilines is 1. The molecule has 1 aliphatic heterocycles. The van der Waals surface area contributed by atoms with Gasteiger partial charge in [0.1, 0.15) is 18.2 Å². The van der Waals surface area contributed by atoms with Crippen molar-refractivity contribution in [3.8, 4) is 17.2 Å². The molecule has 1 N–H and O–H groups in total. The van der Waals surface area contributed by atoms with Crippen molar-refractivity contribution in [2.75, 3.05) is 25.6 Å². The summed E-state index contributed by atoms with van der Waals surface area (Å²) >= 11 is 1.32. The topological polar surface area (TPSA) is 65.5 Å². The van der Waals surface area contributed by atoms with Crippen molar-refractivity contribution in [1.82, 2.24) is 9.59 Å². The SMILES string of the molecule is COc1cc(CNc2cnns2)cc2c1OCCO2. The van der Waals surface area contributed by atoms with Crippen LogP contribution in [0.4, 0.5) is 5.00 Å². The zero-order valence-electron chi connectivity index (χ0n) is 10.4. The zero-order chi connectivity index (χ0) is 13.1. The smallest absolute Gasteiger partial charge is 0.203 e. The molecule has 1 aromatic carbocycles. The standard InChI is InChI=1S/C12H13N3O3S/c1-16-9-4-8(6-13-11-7-14-15-19-11)5-10-12(9)18-3-2-17-10/h4-5,7,13H,2-3,6H2,1H3. The first-order chi connectivity index (χ1) is 9.36. The Hall–Kier alpha value is -2.02. The molecule has 0 spiro atoms. The minimum Gasteiger partial charge on any atom is -0.493 e. The summed E-state index contributed by atoms with van der Waals surface area (Å²) in [6.07, 6.45) is 1.69. The molecule has 0 saturated heterocycles. The van der Waals surface area contributed by atoms with E-state index in [4.69, 9.17) is 14.2 Å². The molecule has 0 fully saturated rings. The number of nitrogens with zero attached hydrogens (tertiary/aromatic N) is 2. The van der Waals surface area contributed by atoms with Crippen LogP contribution in [-0.4, -0.2) is 29.9 Å². The van der Waals surface area contributed by atoms with Crippen LogP contribution in [0, 0.1) is 0 Å². The molecule has 0 saturated carbocycles. The van der Waals surface area contributed by atoms with E-state index >= 15 is 0 Å². The molecule has 0 radical (unpaired) electrons. The molecule has 19 heavy (non-hydrogen) atoms. The Labute approximate surface area is 114 Å². The molecule has 0 amide bonds. The van der Waals surface area contributed by atoms with Gasteiger partial charge in [-0.3, -0.25) is 0 Å². The molecule has 0 aliphatic carbocycles. The third-order valence-corrected chi connectivity index (χ3v) is 3.34. The summed E-state index contributed by atoms with van der Waals surface area (Å²) in [6, 6.07) is 3.90. The van der Waals surface area contributed by atoms with Crippen LogP contribution in [0.15, 0.2) is 18.3 Å². The van der Waals surface area contributed by atoms with Gasteiger partial charge >= 0.3 is 0 Å². The van der Waals surface area contributed by atoms with Gasteiger partial charge in [0.25, 0.3) is 0 Å². The molecule has 2 heterocycles. The second-order valence-electron chi connectivity index (χ2n) is 3.96. The second-order valence-corrected chi connectivity index (χ2v) is 4.74. The van der Waals surface area contributed by atoms with Crippen LogP contribution in [0.3, 0.4) is 0 Å². The van der Waals surface area contributed by atoms with Gasteiger partial charge in [0.15, 0.2) is 11.5 Å². The minimum atomic E-state index is 0.549. The number of aromatic nitrogens is 2. The van der Waals surface area contributed by atoms with Crippen LogP contribution in [0.5, 0.6) is 17.2 Å². The van der Waals surface area contributed by atoms with Crippen molar-refractivity contribution < 1.29 is 14.2 Å². The Morgan fingerprint density at radius 2 is 2.26 bits per heavy atom. The van der Waals surface area contributed by atoms with E-state index in [0.29, 0.717) is 31.3 Å². The highest BCUT2D eigenvalue weighted by molar-refractivity contribution is 7.09. The first-order valence-electron chi connectivity index (χ1n) is 5.84. The largest absolute Gasteiger partial charge is 0.493 e. The van der Waals surface area contributed by atoms with Crippen LogP contribution < -0.4 is 19.5 Å².